The molecule has 0 atom stereocenters. The largest absolute Gasteiger partial charge is 0.384 e. The average molecular weight is 413 g/mol. The van der Waals surface area contributed by atoms with Crippen molar-refractivity contribution >= 4 is 28.3 Å². The molecule has 0 saturated carbocycles. The van der Waals surface area contributed by atoms with E-state index in [1.54, 1.807) is 18.3 Å². The van der Waals surface area contributed by atoms with Crippen LogP contribution in [0.2, 0.25) is 0 Å². The summed E-state index contributed by atoms with van der Waals surface area (Å²) in [5.74, 6) is 0.0307. The van der Waals surface area contributed by atoms with E-state index in [0.29, 0.717) is 17.2 Å². The van der Waals surface area contributed by atoms with E-state index in [1.807, 2.05) is 30.6 Å². The van der Waals surface area contributed by atoms with Crippen molar-refractivity contribution in [2.24, 2.45) is 0 Å². The predicted octanol–water partition coefficient (Wildman–Crippen LogP) is 3.45. The fraction of sp³-hybridized carbons (Fsp3) is 0.217. The van der Waals surface area contributed by atoms with Gasteiger partial charge in [0, 0.05) is 47.8 Å². The van der Waals surface area contributed by atoms with Crippen LogP contribution in [0.5, 0.6) is 0 Å². The Morgan fingerprint density at radius 1 is 1.10 bits per heavy atom. The number of nitrogens with zero attached hydrogens (tertiary/aromatic N) is 4. The second-order valence-electron chi connectivity index (χ2n) is 7.82. The van der Waals surface area contributed by atoms with Crippen LogP contribution in [-0.4, -0.2) is 44.1 Å². The highest BCUT2D eigenvalue weighted by Gasteiger charge is 2.16. The van der Waals surface area contributed by atoms with Crippen LogP contribution >= 0.6 is 0 Å². The Morgan fingerprint density at radius 3 is 2.81 bits per heavy atom. The van der Waals surface area contributed by atoms with Gasteiger partial charge in [-0.1, -0.05) is 6.07 Å². The molecule has 8 nitrogen and oxygen atoms in total. The molecule has 31 heavy (non-hydrogen) atoms. The Kier molecular flexibility index (Phi) is 5.05. The molecule has 0 aliphatic carbocycles. The van der Waals surface area contributed by atoms with Crippen LogP contribution in [0.1, 0.15) is 28.9 Å². The number of rotatable bonds is 5. The number of anilines is 2. The highest BCUT2D eigenvalue weighted by atomic mass is 16.1. The van der Waals surface area contributed by atoms with Gasteiger partial charge in [0.15, 0.2) is 5.69 Å². The lowest BCUT2D eigenvalue weighted by atomic mass is 10.0. The first kappa shape index (κ1) is 19.2. The van der Waals surface area contributed by atoms with Crippen molar-refractivity contribution in [3.8, 4) is 11.1 Å². The molecule has 5 rings (SSSR count). The van der Waals surface area contributed by atoms with E-state index in [9.17, 15) is 4.79 Å². The number of aromatic amines is 1. The fourth-order valence-electron chi connectivity index (χ4n) is 4.01. The zero-order valence-corrected chi connectivity index (χ0v) is 17.0. The van der Waals surface area contributed by atoms with Crippen LogP contribution in [0.3, 0.4) is 0 Å². The monoisotopic (exact) mass is 413 g/mol. The third-order valence-electron chi connectivity index (χ3n) is 5.55. The number of hydrogen-bond donors (Lipinski definition) is 3. The first-order valence-electron chi connectivity index (χ1n) is 10.3. The van der Waals surface area contributed by atoms with Gasteiger partial charge in [0.2, 0.25) is 0 Å². The number of carbonyl (C=O) groups excluding carboxylic acids is 1. The second-order valence-corrected chi connectivity index (χ2v) is 7.82. The number of H-pyrrole nitrogens is 1. The van der Waals surface area contributed by atoms with Crippen molar-refractivity contribution in [2.75, 3.05) is 24.1 Å². The van der Waals surface area contributed by atoms with Gasteiger partial charge in [-0.15, -0.1) is 0 Å². The molecule has 1 fully saturated rings. The minimum absolute atomic E-state index is 0.310. The molecular weight excluding hydrogens is 390 g/mol. The standard InChI is InChI=1S/C23H23N7O/c24-21-11-18(5-6-26-21)27-23(31)22-19-10-16(3-4-20(19)28-29-22)17-9-15(12-25-13-17)14-30-7-1-2-8-30/h3-6,9-13H,1-2,7-8,14H2,(H,28,29)(H3,24,26,27,31). The van der Waals surface area contributed by atoms with Crippen molar-refractivity contribution in [3.05, 3.63) is 66.2 Å². The van der Waals surface area contributed by atoms with Gasteiger partial charge >= 0.3 is 0 Å². The number of carbonyl (C=O) groups is 1. The summed E-state index contributed by atoms with van der Waals surface area (Å²) in [6.45, 7) is 3.21. The topological polar surface area (TPSA) is 113 Å². The van der Waals surface area contributed by atoms with Crippen molar-refractivity contribution in [3.63, 3.8) is 0 Å². The molecule has 1 amide bonds. The van der Waals surface area contributed by atoms with Gasteiger partial charge < -0.3 is 11.1 Å². The normalized spacial score (nSPS) is 14.2. The Hall–Kier alpha value is -3.78. The van der Waals surface area contributed by atoms with E-state index >= 15 is 0 Å². The number of nitrogen functional groups attached to an aromatic ring is 1. The number of pyridine rings is 2. The summed E-state index contributed by atoms with van der Waals surface area (Å²) in [5.41, 5.74) is 10.6. The SMILES string of the molecule is Nc1cc(NC(=O)c2n[nH]c3ccc(-c4cncc(CN5CCCC5)c4)cc23)ccn1. The highest BCUT2D eigenvalue weighted by Crippen LogP contribution is 2.26. The van der Waals surface area contributed by atoms with E-state index in [0.717, 1.165) is 41.7 Å². The van der Waals surface area contributed by atoms with Crippen LogP contribution in [0, 0.1) is 0 Å². The van der Waals surface area contributed by atoms with Gasteiger partial charge in [-0.05, 0) is 61.3 Å². The molecule has 4 aromatic rings. The molecule has 3 aromatic heterocycles. The number of nitrogens with one attached hydrogen (secondary N) is 2. The zero-order valence-electron chi connectivity index (χ0n) is 17.0. The van der Waals surface area contributed by atoms with E-state index in [2.05, 4.69) is 36.4 Å². The van der Waals surface area contributed by atoms with Crippen molar-refractivity contribution in [1.29, 1.82) is 0 Å². The van der Waals surface area contributed by atoms with Gasteiger partial charge in [-0.2, -0.15) is 5.10 Å². The Bertz CT molecular complexity index is 1240. The Balaban J connectivity index is 1.43. The van der Waals surface area contributed by atoms with Gasteiger partial charge in [-0.25, -0.2) is 4.98 Å². The summed E-state index contributed by atoms with van der Waals surface area (Å²) < 4.78 is 0. The number of amides is 1. The van der Waals surface area contributed by atoms with E-state index < -0.39 is 0 Å². The fourth-order valence-corrected chi connectivity index (χ4v) is 4.01. The first-order chi connectivity index (χ1) is 15.2. The van der Waals surface area contributed by atoms with Crippen molar-refractivity contribution in [2.45, 2.75) is 19.4 Å². The maximum Gasteiger partial charge on any atom is 0.276 e. The van der Waals surface area contributed by atoms with Gasteiger partial charge in [0.1, 0.15) is 5.82 Å². The molecule has 4 heterocycles. The minimum atomic E-state index is -0.310. The van der Waals surface area contributed by atoms with Gasteiger partial charge in [0.05, 0.1) is 5.52 Å². The smallest absolute Gasteiger partial charge is 0.276 e. The van der Waals surface area contributed by atoms with Gasteiger partial charge in [0.25, 0.3) is 5.91 Å². The van der Waals surface area contributed by atoms with Crippen molar-refractivity contribution < 1.29 is 4.79 Å². The average Bonchev–Trinajstić information content (AvgIpc) is 3.43. The lowest BCUT2D eigenvalue weighted by Gasteiger charge is -2.14. The molecule has 0 bridgehead atoms. The first-order valence-corrected chi connectivity index (χ1v) is 10.3. The molecule has 0 radical (unpaired) electrons. The molecule has 156 valence electrons. The zero-order chi connectivity index (χ0) is 21.2. The molecule has 4 N–H and O–H groups in total. The highest BCUT2D eigenvalue weighted by molar-refractivity contribution is 6.11. The van der Waals surface area contributed by atoms with Crippen LogP contribution in [0.4, 0.5) is 11.5 Å². The number of hydrogen-bond acceptors (Lipinski definition) is 6. The Morgan fingerprint density at radius 2 is 1.97 bits per heavy atom. The van der Waals surface area contributed by atoms with E-state index in [4.69, 9.17) is 5.73 Å². The van der Waals surface area contributed by atoms with Crippen LogP contribution in [0.15, 0.2) is 55.0 Å². The predicted molar refractivity (Wildman–Crippen MR) is 120 cm³/mol. The summed E-state index contributed by atoms with van der Waals surface area (Å²) >= 11 is 0. The summed E-state index contributed by atoms with van der Waals surface area (Å²) in [5, 5.41) is 10.7. The molecule has 1 aliphatic rings. The summed E-state index contributed by atoms with van der Waals surface area (Å²) in [6.07, 6.45) is 7.86. The summed E-state index contributed by atoms with van der Waals surface area (Å²) in [6, 6.07) is 11.4. The van der Waals surface area contributed by atoms with Crippen molar-refractivity contribution in [1.82, 2.24) is 25.1 Å². The molecule has 0 spiro atoms. The van der Waals surface area contributed by atoms with Gasteiger partial charge in [-0.3, -0.25) is 19.8 Å². The molecule has 8 heteroatoms. The third-order valence-corrected chi connectivity index (χ3v) is 5.55. The second kappa shape index (κ2) is 8.16. The minimum Gasteiger partial charge on any atom is -0.384 e. The molecule has 0 unspecified atom stereocenters. The molecule has 1 aliphatic heterocycles. The third kappa shape index (κ3) is 4.10. The molecular formula is C23H23N7O. The van der Waals surface area contributed by atoms with E-state index in [-0.39, 0.29) is 5.91 Å². The van der Waals surface area contributed by atoms with Crippen LogP contribution in [-0.2, 0) is 6.54 Å². The number of aromatic nitrogens is 4. The quantitative estimate of drug-likeness (QED) is 0.462. The number of nitrogens with two attached hydrogens (primary N) is 1. The number of fused-ring (bicyclic) bond motifs is 1. The Labute approximate surface area is 179 Å². The maximum absolute atomic E-state index is 12.8. The molecule has 1 aromatic carbocycles. The number of likely N-dealkylation sites (tertiary alicyclic amines) is 1. The summed E-state index contributed by atoms with van der Waals surface area (Å²) in [7, 11) is 0. The van der Waals surface area contributed by atoms with E-state index in [1.165, 1.54) is 18.4 Å². The number of benzene rings is 1. The maximum atomic E-state index is 12.8. The lowest BCUT2D eigenvalue weighted by molar-refractivity contribution is 0.102. The summed E-state index contributed by atoms with van der Waals surface area (Å²) in [4.78, 5) is 23.7. The van der Waals surface area contributed by atoms with Crippen LogP contribution < -0.4 is 11.1 Å². The lowest BCUT2D eigenvalue weighted by Crippen LogP contribution is -2.18. The van der Waals surface area contributed by atoms with Crippen LogP contribution in [0.25, 0.3) is 22.0 Å². The molecule has 1 saturated heterocycles.